The molecule has 3 N–H and O–H groups in total. The van der Waals surface area contributed by atoms with Crippen molar-refractivity contribution in [3.63, 3.8) is 0 Å². The molecule has 162 valence electrons. The normalized spacial score (nSPS) is 11.1. The molecule has 30 heavy (non-hydrogen) atoms. The number of rotatable bonds is 9. The lowest BCUT2D eigenvalue weighted by Gasteiger charge is -2.14. The van der Waals surface area contributed by atoms with E-state index < -0.39 is 0 Å². The van der Waals surface area contributed by atoms with Crippen molar-refractivity contribution in [3.05, 3.63) is 59.8 Å². The van der Waals surface area contributed by atoms with Gasteiger partial charge in [-0.1, -0.05) is 24.3 Å². The van der Waals surface area contributed by atoms with E-state index in [4.69, 9.17) is 9.47 Å². The van der Waals surface area contributed by atoms with Crippen molar-refractivity contribution in [1.82, 2.24) is 15.6 Å². The van der Waals surface area contributed by atoms with Crippen LogP contribution in [0.2, 0.25) is 0 Å². The monoisotopic (exact) mass is 522 g/mol. The third kappa shape index (κ3) is 6.55. The maximum Gasteiger partial charge on any atom is 0.191 e. The number of H-pyrrole nitrogens is 1. The van der Waals surface area contributed by atoms with Crippen molar-refractivity contribution >= 4 is 40.8 Å². The molecule has 3 aromatic rings. The Kier molecular flexibility index (Phi) is 9.79. The molecule has 1 heterocycles. The molecule has 6 nitrogen and oxygen atoms in total. The Balaban J connectivity index is 0.00000320. The van der Waals surface area contributed by atoms with Gasteiger partial charge in [0.25, 0.3) is 0 Å². The van der Waals surface area contributed by atoms with Gasteiger partial charge in [0.2, 0.25) is 0 Å². The summed E-state index contributed by atoms with van der Waals surface area (Å²) < 4.78 is 11.3. The van der Waals surface area contributed by atoms with Gasteiger partial charge in [-0.05, 0) is 55.5 Å². The topological polar surface area (TPSA) is 70.7 Å². The molecule has 0 fully saturated rings. The highest BCUT2D eigenvalue weighted by Crippen LogP contribution is 2.28. The summed E-state index contributed by atoms with van der Waals surface area (Å²) >= 11 is 0. The molecule has 0 amide bonds. The zero-order valence-electron chi connectivity index (χ0n) is 17.8. The highest BCUT2D eigenvalue weighted by molar-refractivity contribution is 14.0. The summed E-state index contributed by atoms with van der Waals surface area (Å²) in [7, 11) is 1.78. The van der Waals surface area contributed by atoms with Gasteiger partial charge < -0.3 is 25.1 Å². The number of para-hydroxylation sites is 1. The summed E-state index contributed by atoms with van der Waals surface area (Å²) in [4.78, 5) is 7.73. The Labute approximate surface area is 195 Å². The number of nitrogens with zero attached hydrogens (tertiary/aromatic N) is 1. The minimum atomic E-state index is 0. The number of aliphatic imine (C=N–C) groups is 1. The number of aromatic amines is 1. The van der Waals surface area contributed by atoms with Gasteiger partial charge in [-0.15, -0.1) is 24.0 Å². The van der Waals surface area contributed by atoms with E-state index in [0.29, 0.717) is 19.8 Å². The largest absolute Gasteiger partial charge is 0.490 e. The van der Waals surface area contributed by atoms with Crippen LogP contribution in [-0.4, -0.2) is 37.7 Å². The van der Waals surface area contributed by atoms with Crippen LogP contribution < -0.4 is 20.1 Å². The van der Waals surface area contributed by atoms with Crippen LogP contribution in [0.4, 0.5) is 0 Å². The lowest BCUT2D eigenvalue weighted by molar-refractivity contribution is 0.287. The van der Waals surface area contributed by atoms with Crippen LogP contribution in [0.15, 0.2) is 53.5 Å². The first-order chi connectivity index (χ1) is 14.2. The molecule has 7 heteroatoms. The molecule has 0 radical (unpaired) electrons. The number of fused-ring (bicyclic) bond motifs is 1. The Hall–Kier alpha value is -2.42. The minimum absolute atomic E-state index is 0. The van der Waals surface area contributed by atoms with Gasteiger partial charge in [0, 0.05) is 24.8 Å². The molecule has 0 spiro atoms. The second kappa shape index (κ2) is 12.3. The average molecular weight is 522 g/mol. The third-order valence-corrected chi connectivity index (χ3v) is 4.57. The predicted octanol–water partition coefficient (Wildman–Crippen LogP) is 4.49. The molecule has 2 aromatic carbocycles. The van der Waals surface area contributed by atoms with Crippen LogP contribution in [-0.2, 0) is 13.0 Å². The number of aromatic nitrogens is 1. The fourth-order valence-electron chi connectivity index (χ4n) is 3.20. The average Bonchev–Trinajstić information content (AvgIpc) is 3.15. The van der Waals surface area contributed by atoms with Crippen molar-refractivity contribution in [2.45, 2.75) is 26.8 Å². The minimum Gasteiger partial charge on any atom is -0.490 e. The number of hydrogen-bond acceptors (Lipinski definition) is 3. The van der Waals surface area contributed by atoms with E-state index in [1.165, 1.54) is 10.9 Å². The molecular formula is C23H31IN4O2. The summed E-state index contributed by atoms with van der Waals surface area (Å²) in [6.45, 7) is 6.65. The molecule has 0 saturated carbocycles. The number of guanidine groups is 1. The summed E-state index contributed by atoms with van der Waals surface area (Å²) in [5.41, 5.74) is 3.46. The van der Waals surface area contributed by atoms with Gasteiger partial charge >= 0.3 is 0 Å². The third-order valence-electron chi connectivity index (χ3n) is 4.57. The zero-order chi connectivity index (χ0) is 20.5. The Morgan fingerprint density at radius 2 is 1.73 bits per heavy atom. The molecule has 1 aromatic heterocycles. The van der Waals surface area contributed by atoms with E-state index in [9.17, 15) is 0 Å². The number of nitrogens with one attached hydrogen (secondary N) is 3. The van der Waals surface area contributed by atoms with Crippen molar-refractivity contribution in [1.29, 1.82) is 0 Å². The first kappa shape index (κ1) is 23.9. The summed E-state index contributed by atoms with van der Waals surface area (Å²) in [6, 6.07) is 16.5. The summed E-state index contributed by atoms with van der Waals surface area (Å²) in [5.74, 6) is 2.37. The first-order valence-electron chi connectivity index (χ1n) is 10.1. The van der Waals surface area contributed by atoms with Gasteiger partial charge in [0.05, 0.1) is 19.8 Å². The van der Waals surface area contributed by atoms with Crippen molar-refractivity contribution < 1.29 is 9.47 Å². The van der Waals surface area contributed by atoms with E-state index >= 15 is 0 Å². The van der Waals surface area contributed by atoms with Crippen LogP contribution in [0.1, 0.15) is 25.1 Å². The fourth-order valence-corrected chi connectivity index (χ4v) is 3.20. The van der Waals surface area contributed by atoms with Crippen LogP contribution >= 0.6 is 24.0 Å². The Bertz CT molecular complexity index is 922. The molecule has 0 bridgehead atoms. The smallest absolute Gasteiger partial charge is 0.191 e. The fraction of sp³-hybridized carbons (Fsp3) is 0.348. The van der Waals surface area contributed by atoms with Crippen molar-refractivity contribution in [3.8, 4) is 11.5 Å². The van der Waals surface area contributed by atoms with Crippen LogP contribution in [0.25, 0.3) is 10.9 Å². The second-order valence-corrected chi connectivity index (χ2v) is 6.63. The summed E-state index contributed by atoms with van der Waals surface area (Å²) in [6.07, 6.45) is 0.861. The number of benzene rings is 2. The van der Waals surface area contributed by atoms with Gasteiger partial charge in [-0.3, -0.25) is 4.99 Å². The quantitative estimate of drug-likeness (QED) is 0.220. The number of halogens is 1. The molecule has 3 rings (SSSR count). The van der Waals surface area contributed by atoms with E-state index in [2.05, 4.69) is 50.9 Å². The summed E-state index contributed by atoms with van der Waals surface area (Å²) in [5, 5.41) is 7.94. The maximum atomic E-state index is 5.71. The van der Waals surface area contributed by atoms with Gasteiger partial charge in [-0.25, -0.2) is 0 Å². The highest BCUT2D eigenvalue weighted by atomic mass is 127. The Morgan fingerprint density at radius 3 is 2.47 bits per heavy atom. The van der Waals surface area contributed by atoms with E-state index in [-0.39, 0.29) is 24.0 Å². The lowest BCUT2D eigenvalue weighted by atomic mass is 10.1. The van der Waals surface area contributed by atoms with Gasteiger partial charge in [0.1, 0.15) is 0 Å². The van der Waals surface area contributed by atoms with E-state index in [0.717, 1.165) is 41.6 Å². The predicted molar refractivity (Wildman–Crippen MR) is 134 cm³/mol. The van der Waals surface area contributed by atoms with Crippen LogP contribution in [0, 0.1) is 0 Å². The Morgan fingerprint density at radius 1 is 0.967 bits per heavy atom. The van der Waals surface area contributed by atoms with Gasteiger partial charge in [0.15, 0.2) is 17.5 Å². The second-order valence-electron chi connectivity index (χ2n) is 6.63. The van der Waals surface area contributed by atoms with Crippen molar-refractivity contribution in [2.24, 2.45) is 4.99 Å². The molecule has 0 atom stereocenters. The van der Waals surface area contributed by atoms with Crippen molar-refractivity contribution in [2.75, 3.05) is 26.8 Å². The zero-order valence-corrected chi connectivity index (χ0v) is 20.2. The van der Waals surface area contributed by atoms with Crippen LogP contribution in [0.5, 0.6) is 11.5 Å². The van der Waals surface area contributed by atoms with E-state index in [1.807, 2.05) is 32.0 Å². The molecule has 0 aliphatic heterocycles. The number of hydrogen-bond donors (Lipinski definition) is 3. The first-order valence-corrected chi connectivity index (χ1v) is 10.1. The molecule has 0 aliphatic carbocycles. The van der Waals surface area contributed by atoms with Crippen LogP contribution in [0.3, 0.4) is 0 Å². The standard InChI is InChI=1S/C23H30N4O2.HI/c1-4-28-21-11-10-17(14-22(21)29-5-2)12-13-25-23(24-3)26-16-19-15-18-8-6-7-9-20(18)27-19;/h6-11,14-15,27H,4-5,12-13,16H2,1-3H3,(H2,24,25,26);1H. The maximum absolute atomic E-state index is 5.71. The molecular weight excluding hydrogens is 491 g/mol. The molecule has 0 aliphatic rings. The molecule has 0 saturated heterocycles. The molecule has 0 unspecified atom stereocenters. The highest BCUT2D eigenvalue weighted by Gasteiger charge is 2.07. The SMILES string of the molecule is CCOc1ccc(CCNC(=NC)NCc2cc3ccccc3[nH]2)cc1OCC.I. The van der Waals surface area contributed by atoms with Gasteiger partial charge in [-0.2, -0.15) is 0 Å². The lowest BCUT2D eigenvalue weighted by Crippen LogP contribution is -2.37. The number of ether oxygens (including phenoxy) is 2. The van der Waals surface area contributed by atoms with E-state index in [1.54, 1.807) is 7.05 Å².